The van der Waals surface area contributed by atoms with Crippen molar-refractivity contribution >= 4 is 17.0 Å². The van der Waals surface area contributed by atoms with Crippen molar-refractivity contribution in [2.24, 2.45) is 0 Å². The Kier molecular flexibility index (Phi) is 3.87. The standard InChI is InChI=1S/C14H16N2O2/c1-3-6-10-11(14(17)18-4-2)9-16-12-7-5-8-15-13(10)12/h5,7-9H,3-4,6H2,1-2H3. The Labute approximate surface area is 106 Å². The first-order valence-corrected chi connectivity index (χ1v) is 6.17. The quantitative estimate of drug-likeness (QED) is 0.776. The van der Waals surface area contributed by atoms with E-state index < -0.39 is 0 Å². The molecule has 0 aliphatic carbocycles. The summed E-state index contributed by atoms with van der Waals surface area (Å²) in [7, 11) is 0. The summed E-state index contributed by atoms with van der Waals surface area (Å²) in [4.78, 5) is 20.5. The lowest BCUT2D eigenvalue weighted by Crippen LogP contribution is -2.10. The summed E-state index contributed by atoms with van der Waals surface area (Å²) in [5, 5.41) is 0. The monoisotopic (exact) mass is 244 g/mol. The van der Waals surface area contributed by atoms with Crippen LogP contribution >= 0.6 is 0 Å². The molecule has 2 heterocycles. The van der Waals surface area contributed by atoms with Crippen molar-refractivity contribution in [1.29, 1.82) is 0 Å². The van der Waals surface area contributed by atoms with Crippen LogP contribution in [0.3, 0.4) is 0 Å². The highest BCUT2D eigenvalue weighted by molar-refractivity contribution is 5.95. The van der Waals surface area contributed by atoms with Gasteiger partial charge in [0.05, 0.1) is 23.2 Å². The third-order valence-electron chi connectivity index (χ3n) is 2.73. The van der Waals surface area contributed by atoms with Gasteiger partial charge in [-0.2, -0.15) is 0 Å². The fourth-order valence-corrected chi connectivity index (χ4v) is 1.96. The van der Waals surface area contributed by atoms with Gasteiger partial charge in [0.15, 0.2) is 0 Å². The Hall–Kier alpha value is -1.97. The van der Waals surface area contributed by atoms with Gasteiger partial charge in [-0.15, -0.1) is 0 Å². The minimum absolute atomic E-state index is 0.319. The van der Waals surface area contributed by atoms with Crippen molar-refractivity contribution in [3.8, 4) is 0 Å². The van der Waals surface area contributed by atoms with Crippen LogP contribution in [0.2, 0.25) is 0 Å². The summed E-state index contributed by atoms with van der Waals surface area (Å²) in [6.07, 6.45) is 5.05. The van der Waals surface area contributed by atoms with Crippen molar-refractivity contribution in [2.75, 3.05) is 6.61 Å². The van der Waals surface area contributed by atoms with Crippen molar-refractivity contribution in [2.45, 2.75) is 26.7 Å². The average molecular weight is 244 g/mol. The topological polar surface area (TPSA) is 52.1 Å². The molecular formula is C14H16N2O2. The number of hydrogen-bond donors (Lipinski definition) is 0. The number of carbonyl (C=O) groups excluding carboxylic acids is 1. The van der Waals surface area contributed by atoms with Gasteiger partial charge in [-0.05, 0) is 31.0 Å². The third-order valence-corrected chi connectivity index (χ3v) is 2.73. The maximum atomic E-state index is 11.9. The third kappa shape index (κ3) is 2.32. The van der Waals surface area contributed by atoms with Crippen LogP contribution in [0.5, 0.6) is 0 Å². The van der Waals surface area contributed by atoms with E-state index in [2.05, 4.69) is 16.9 Å². The Bertz CT molecular complexity index is 567. The smallest absolute Gasteiger partial charge is 0.340 e. The van der Waals surface area contributed by atoms with Crippen LogP contribution in [0.15, 0.2) is 24.5 Å². The number of rotatable bonds is 4. The molecule has 0 aromatic carbocycles. The lowest BCUT2D eigenvalue weighted by Gasteiger charge is -2.10. The second kappa shape index (κ2) is 5.58. The fourth-order valence-electron chi connectivity index (χ4n) is 1.96. The first-order chi connectivity index (χ1) is 8.77. The normalized spacial score (nSPS) is 10.6. The summed E-state index contributed by atoms with van der Waals surface area (Å²) in [6, 6.07) is 3.74. The van der Waals surface area contributed by atoms with Gasteiger partial charge in [0, 0.05) is 12.4 Å². The summed E-state index contributed by atoms with van der Waals surface area (Å²) >= 11 is 0. The first kappa shape index (κ1) is 12.5. The predicted octanol–water partition coefficient (Wildman–Crippen LogP) is 2.76. The number of ether oxygens (including phenoxy) is 1. The number of hydrogen-bond acceptors (Lipinski definition) is 4. The van der Waals surface area contributed by atoms with E-state index in [1.165, 1.54) is 0 Å². The van der Waals surface area contributed by atoms with E-state index in [-0.39, 0.29) is 5.97 Å². The number of aryl methyl sites for hydroxylation is 1. The van der Waals surface area contributed by atoms with Crippen LogP contribution in [0.1, 0.15) is 36.2 Å². The van der Waals surface area contributed by atoms with Gasteiger partial charge in [0.2, 0.25) is 0 Å². The maximum Gasteiger partial charge on any atom is 0.340 e. The predicted molar refractivity (Wildman–Crippen MR) is 69.5 cm³/mol. The van der Waals surface area contributed by atoms with Gasteiger partial charge in [0.25, 0.3) is 0 Å². The molecule has 18 heavy (non-hydrogen) atoms. The zero-order valence-electron chi connectivity index (χ0n) is 10.6. The van der Waals surface area contributed by atoms with Crippen molar-refractivity contribution in [1.82, 2.24) is 9.97 Å². The zero-order chi connectivity index (χ0) is 13.0. The molecule has 0 unspecified atom stereocenters. The van der Waals surface area contributed by atoms with E-state index in [0.717, 1.165) is 29.4 Å². The van der Waals surface area contributed by atoms with Crippen LogP contribution in [0.4, 0.5) is 0 Å². The second-order valence-corrected chi connectivity index (χ2v) is 3.99. The van der Waals surface area contributed by atoms with E-state index in [9.17, 15) is 4.79 Å². The molecule has 0 saturated carbocycles. The highest BCUT2D eigenvalue weighted by Gasteiger charge is 2.16. The molecule has 0 amide bonds. The number of fused-ring (bicyclic) bond motifs is 1. The lowest BCUT2D eigenvalue weighted by molar-refractivity contribution is 0.0525. The highest BCUT2D eigenvalue weighted by Crippen LogP contribution is 2.20. The van der Waals surface area contributed by atoms with E-state index >= 15 is 0 Å². The zero-order valence-corrected chi connectivity index (χ0v) is 10.6. The van der Waals surface area contributed by atoms with E-state index in [1.807, 2.05) is 12.1 Å². The molecule has 2 aromatic rings. The Morgan fingerprint density at radius 3 is 2.89 bits per heavy atom. The number of carbonyl (C=O) groups is 1. The average Bonchev–Trinajstić information content (AvgIpc) is 2.39. The Morgan fingerprint density at radius 1 is 1.33 bits per heavy atom. The number of aromatic nitrogens is 2. The van der Waals surface area contributed by atoms with Crippen molar-refractivity contribution < 1.29 is 9.53 Å². The van der Waals surface area contributed by atoms with Gasteiger partial charge >= 0.3 is 5.97 Å². The molecule has 0 fully saturated rings. The van der Waals surface area contributed by atoms with Crippen molar-refractivity contribution in [3.63, 3.8) is 0 Å². The molecular weight excluding hydrogens is 228 g/mol. The molecule has 2 aromatic heterocycles. The minimum atomic E-state index is -0.319. The number of esters is 1. The molecule has 0 saturated heterocycles. The summed E-state index contributed by atoms with van der Waals surface area (Å²) < 4.78 is 5.06. The van der Waals surface area contributed by atoms with Crippen LogP contribution in [0, 0.1) is 0 Å². The summed E-state index contributed by atoms with van der Waals surface area (Å²) in [5.41, 5.74) is 3.07. The largest absolute Gasteiger partial charge is 0.462 e. The number of pyridine rings is 2. The van der Waals surface area contributed by atoms with Crippen LogP contribution in [0.25, 0.3) is 11.0 Å². The first-order valence-electron chi connectivity index (χ1n) is 6.17. The Morgan fingerprint density at radius 2 is 2.17 bits per heavy atom. The molecule has 0 aliphatic rings. The molecule has 0 radical (unpaired) electrons. The van der Waals surface area contributed by atoms with Gasteiger partial charge in [0.1, 0.15) is 0 Å². The molecule has 4 heteroatoms. The van der Waals surface area contributed by atoms with Gasteiger partial charge < -0.3 is 4.74 Å². The minimum Gasteiger partial charge on any atom is -0.462 e. The van der Waals surface area contributed by atoms with E-state index in [4.69, 9.17) is 4.74 Å². The Balaban J connectivity index is 2.58. The summed E-state index contributed by atoms with van der Waals surface area (Å²) in [6.45, 7) is 4.24. The van der Waals surface area contributed by atoms with Gasteiger partial charge in [-0.25, -0.2) is 4.79 Å². The number of nitrogens with zero attached hydrogens (tertiary/aromatic N) is 2. The molecule has 0 atom stereocenters. The highest BCUT2D eigenvalue weighted by atomic mass is 16.5. The molecule has 0 aliphatic heterocycles. The molecule has 4 nitrogen and oxygen atoms in total. The molecule has 94 valence electrons. The second-order valence-electron chi connectivity index (χ2n) is 3.99. The molecule has 0 N–H and O–H groups in total. The SMILES string of the molecule is CCCc1c(C(=O)OCC)cnc2cccnc12. The molecule has 2 rings (SSSR count). The van der Waals surface area contributed by atoms with Crippen LogP contribution < -0.4 is 0 Å². The fraction of sp³-hybridized carbons (Fsp3) is 0.357. The molecule has 0 spiro atoms. The van der Waals surface area contributed by atoms with Crippen LogP contribution in [-0.2, 0) is 11.2 Å². The van der Waals surface area contributed by atoms with Gasteiger partial charge in [-0.1, -0.05) is 13.3 Å². The van der Waals surface area contributed by atoms with E-state index in [1.54, 1.807) is 19.3 Å². The van der Waals surface area contributed by atoms with Gasteiger partial charge in [-0.3, -0.25) is 9.97 Å². The lowest BCUT2D eigenvalue weighted by atomic mass is 10.0. The van der Waals surface area contributed by atoms with E-state index in [0.29, 0.717) is 12.2 Å². The summed E-state index contributed by atoms with van der Waals surface area (Å²) in [5.74, 6) is -0.319. The van der Waals surface area contributed by atoms with Crippen LogP contribution in [-0.4, -0.2) is 22.5 Å². The molecule has 0 bridgehead atoms. The van der Waals surface area contributed by atoms with Crippen molar-refractivity contribution in [3.05, 3.63) is 35.7 Å². The maximum absolute atomic E-state index is 11.9.